The van der Waals surface area contributed by atoms with E-state index >= 15 is 0 Å². The van der Waals surface area contributed by atoms with Crippen LogP contribution in [-0.4, -0.2) is 37.9 Å². The van der Waals surface area contributed by atoms with Crippen molar-refractivity contribution in [2.75, 3.05) is 11.9 Å². The number of carbonyl (C=O) groups is 2. The van der Waals surface area contributed by atoms with Crippen LogP contribution < -0.4 is 10.0 Å². The van der Waals surface area contributed by atoms with Gasteiger partial charge in [-0.2, -0.15) is 4.72 Å². The summed E-state index contributed by atoms with van der Waals surface area (Å²) in [6, 6.07) is 9.73. The van der Waals surface area contributed by atoms with Gasteiger partial charge in [-0.05, 0) is 24.1 Å². The van der Waals surface area contributed by atoms with Crippen molar-refractivity contribution in [3.05, 3.63) is 63.7 Å². The molecule has 0 saturated carbocycles. The predicted octanol–water partition coefficient (Wildman–Crippen LogP) is 2.73. The molecule has 2 N–H and O–H groups in total. The van der Waals surface area contributed by atoms with Gasteiger partial charge in [0.25, 0.3) is 11.6 Å². The Balaban J connectivity index is 2.03. The number of amides is 1. The number of carbonyl (C=O) groups excluding carboxylic acids is 2. The van der Waals surface area contributed by atoms with Gasteiger partial charge in [-0.1, -0.05) is 43.6 Å². The molecular weight excluding hydrogens is 450 g/mol. The minimum absolute atomic E-state index is 0.0218. The van der Waals surface area contributed by atoms with E-state index in [1.54, 1.807) is 32.0 Å². The Morgan fingerprint density at radius 2 is 1.81 bits per heavy atom. The van der Waals surface area contributed by atoms with Crippen LogP contribution >= 0.6 is 11.6 Å². The van der Waals surface area contributed by atoms with Gasteiger partial charge in [0.2, 0.25) is 10.0 Å². The van der Waals surface area contributed by atoms with Crippen LogP contribution in [0.3, 0.4) is 0 Å². The number of nitrogens with one attached hydrogen (secondary N) is 2. The molecule has 2 rings (SSSR count). The first kappa shape index (κ1) is 24.3. The number of anilines is 1. The molecule has 0 aliphatic heterocycles. The van der Waals surface area contributed by atoms with E-state index in [9.17, 15) is 28.1 Å². The molecule has 10 nitrogen and oxygen atoms in total. The van der Waals surface area contributed by atoms with Gasteiger partial charge < -0.3 is 10.1 Å². The maximum absolute atomic E-state index is 12.5. The molecular formula is C19H20ClN3O7S. The summed E-state index contributed by atoms with van der Waals surface area (Å²) in [6.07, 6.45) is 0. The van der Waals surface area contributed by atoms with Gasteiger partial charge in [0, 0.05) is 12.1 Å². The number of nitro benzene ring substituents is 1. The first-order chi connectivity index (χ1) is 14.5. The number of hydrogen-bond acceptors (Lipinski definition) is 7. The molecule has 0 saturated heterocycles. The Hall–Kier alpha value is -3.02. The number of hydrogen-bond donors (Lipinski definition) is 2. The number of nitrogens with zero attached hydrogens (tertiary/aromatic N) is 1. The van der Waals surface area contributed by atoms with E-state index in [2.05, 4.69) is 10.0 Å². The molecule has 2 aromatic rings. The summed E-state index contributed by atoms with van der Waals surface area (Å²) in [5.74, 6) is -2.22. The van der Waals surface area contributed by atoms with E-state index in [0.717, 1.165) is 6.07 Å². The number of non-ortho nitro benzene ring substituents is 1. The van der Waals surface area contributed by atoms with E-state index in [1.807, 2.05) is 0 Å². The van der Waals surface area contributed by atoms with Crippen molar-refractivity contribution in [2.45, 2.75) is 24.8 Å². The van der Waals surface area contributed by atoms with Gasteiger partial charge in [-0.25, -0.2) is 8.42 Å². The Morgan fingerprint density at radius 3 is 2.39 bits per heavy atom. The monoisotopic (exact) mass is 469 g/mol. The molecule has 0 unspecified atom stereocenters. The first-order valence-electron chi connectivity index (χ1n) is 8.99. The zero-order chi connectivity index (χ0) is 23.2. The number of esters is 1. The fourth-order valence-electron chi connectivity index (χ4n) is 2.43. The lowest BCUT2D eigenvalue weighted by atomic mass is 10.1. The van der Waals surface area contributed by atoms with E-state index in [4.69, 9.17) is 16.3 Å². The highest BCUT2D eigenvalue weighted by atomic mass is 35.5. The van der Waals surface area contributed by atoms with Crippen molar-refractivity contribution >= 4 is 44.9 Å². The number of nitro groups is 1. The minimum atomic E-state index is -3.99. The highest BCUT2D eigenvalue weighted by Crippen LogP contribution is 2.26. The smallest absolute Gasteiger partial charge is 0.324 e. The van der Waals surface area contributed by atoms with Crippen molar-refractivity contribution in [3.63, 3.8) is 0 Å². The van der Waals surface area contributed by atoms with Crippen molar-refractivity contribution in [3.8, 4) is 0 Å². The molecule has 0 fully saturated rings. The third-order valence-electron chi connectivity index (χ3n) is 4.04. The second kappa shape index (κ2) is 10.3. The van der Waals surface area contributed by atoms with Crippen LogP contribution in [-0.2, 0) is 24.3 Å². The molecule has 0 aliphatic rings. The van der Waals surface area contributed by atoms with Crippen LogP contribution in [0.2, 0.25) is 5.02 Å². The summed E-state index contributed by atoms with van der Waals surface area (Å²) in [4.78, 5) is 34.7. The van der Waals surface area contributed by atoms with Gasteiger partial charge in [0.15, 0.2) is 6.61 Å². The molecule has 166 valence electrons. The molecule has 0 heterocycles. The quantitative estimate of drug-likeness (QED) is 0.326. The second-order valence-corrected chi connectivity index (χ2v) is 8.85. The molecule has 0 spiro atoms. The molecule has 2 aromatic carbocycles. The van der Waals surface area contributed by atoms with Crippen LogP contribution in [0, 0.1) is 16.0 Å². The van der Waals surface area contributed by atoms with Crippen molar-refractivity contribution < 1.29 is 27.7 Å². The maximum atomic E-state index is 12.5. The lowest BCUT2D eigenvalue weighted by molar-refractivity contribution is -0.384. The number of sulfonamides is 1. The Bertz CT molecular complexity index is 1080. The van der Waals surface area contributed by atoms with E-state index in [-0.39, 0.29) is 21.3 Å². The molecule has 1 atom stereocenters. The fraction of sp³-hybridized carbons (Fsp3) is 0.263. The summed E-state index contributed by atoms with van der Waals surface area (Å²) in [5, 5.41) is 13.2. The van der Waals surface area contributed by atoms with Crippen molar-refractivity contribution in [1.82, 2.24) is 4.72 Å². The van der Waals surface area contributed by atoms with Gasteiger partial charge >= 0.3 is 5.97 Å². The summed E-state index contributed by atoms with van der Waals surface area (Å²) in [6.45, 7) is 2.49. The van der Waals surface area contributed by atoms with Crippen LogP contribution in [0.25, 0.3) is 0 Å². The zero-order valence-corrected chi connectivity index (χ0v) is 18.1. The number of rotatable bonds is 9. The fourth-order valence-corrected chi connectivity index (χ4v) is 3.95. The zero-order valence-electron chi connectivity index (χ0n) is 16.6. The number of benzene rings is 2. The van der Waals surface area contributed by atoms with E-state index < -0.39 is 45.4 Å². The average Bonchev–Trinajstić information content (AvgIpc) is 2.72. The average molecular weight is 470 g/mol. The molecule has 1 amide bonds. The normalized spacial score (nSPS) is 12.3. The van der Waals surface area contributed by atoms with E-state index in [1.165, 1.54) is 24.3 Å². The van der Waals surface area contributed by atoms with Crippen molar-refractivity contribution in [2.24, 2.45) is 5.92 Å². The topological polar surface area (TPSA) is 145 Å². The van der Waals surface area contributed by atoms with Crippen LogP contribution in [0.4, 0.5) is 11.4 Å². The first-order valence-corrected chi connectivity index (χ1v) is 10.8. The van der Waals surface area contributed by atoms with Gasteiger partial charge in [0.05, 0.1) is 20.5 Å². The summed E-state index contributed by atoms with van der Waals surface area (Å²) in [7, 11) is -3.99. The molecule has 0 aliphatic carbocycles. The van der Waals surface area contributed by atoms with Gasteiger partial charge in [0.1, 0.15) is 6.04 Å². The summed E-state index contributed by atoms with van der Waals surface area (Å²) >= 11 is 5.91. The third kappa shape index (κ3) is 6.74. The Labute approximate surface area is 183 Å². The number of halogens is 1. The third-order valence-corrected chi connectivity index (χ3v) is 5.82. The van der Waals surface area contributed by atoms with Gasteiger partial charge in [-0.3, -0.25) is 19.7 Å². The largest absolute Gasteiger partial charge is 0.454 e. The Morgan fingerprint density at radius 1 is 1.16 bits per heavy atom. The maximum Gasteiger partial charge on any atom is 0.324 e. The lowest BCUT2D eigenvalue weighted by Crippen LogP contribution is -2.45. The summed E-state index contributed by atoms with van der Waals surface area (Å²) in [5.41, 5.74) is -0.311. The second-order valence-electron chi connectivity index (χ2n) is 6.73. The molecule has 12 heteroatoms. The standard InChI is InChI=1S/C19H20ClN3O7S/c1-12(2)18(22-31(28,29)14-6-4-3-5-7-14)19(25)30-11-17(24)21-16-10-13(23(26)27)8-9-15(16)20/h3-10,12,18,22H,11H2,1-2H3,(H,21,24)/t18-/m1/s1. The highest BCUT2D eigenvalue weighted by molar-refractivity contribution is 7.89. The van der Waals surface area contributed by atoms with E-state index in [0.29, 0.717) is 0 Å². The summed E-state index contributed by atoms with van der Waals surface area (Å²) < 4.78 is 32.2. The van der Waals surface area contributed by atoms with Gasteiger partial charge in [-0.15, -0.1) is 0 Å². The molecule has 0 bridgehead atoms. The minimum Gasteiger partial charge on any atom is -0.454 e. The Kier molecular flexibility index (Phi) is 8.08. The van der Waals surface area contributed by atoms with Crippen LogP contribution in [0.5, 0.6) is 0 Å². The molecule has 31 heavy (non-hydrogen) atoms. The SMILES string of the molecule is CC(C)[C@@H](NS(=O)(=O)c1ccccc1)C(=O)OCC(=O)Nc1cc([N+](=O)[O-])ccc1Cl. The predicted molar refractivity (Wildman–Crippen MR) is 113 cm³/mol. The number of ether oxygens (including phenoxy) is 1. The van der Waals surface area contributed by atoms with Crippen LogP contribution in [0.1, 0.15) is 13.8 Å². The van der Waals surface area contributed by atoms with Crippen molar-refractivity contribution in [1.29, 1.82) is 0 Å². The highest BCUT2D eigenvalue weighted by Gasteiger charge is 2.30. The van der Waals surface area contributed by atoms with Crippen LogP contribution in [0.15, 0.2) is 53.4 Å². The molecule has 0 aromatic heterocycles. The lowest BCUT2D eigenvalue weighted by Gasteiger charge is -2.20. The molecule has 0 radical (unpaired) electrons.